The van der Waals surface area contributed by atoms with Gasteiger partial charge in [-0.1, -0.05) is 18.5 Å². The van der Waals surface area contributed by atoms with E-state index < -0.39 is 0 Å². The lowest BCUT2D eigenvalue weighted by Crippen LogP contribution is -2.34. The topological polar surface area (TPSA) is 64.3 Å². The van der Waals surface area contributed by atoms with Crippen LogP contribution in [0, 0.1) is 5.92 Å². The lowest BCUT2D eigenvalue weighted by atomic mass is 10.0. The van der Waals surface area contributed by atoms with E-state index in [1.165, 1.54) is 0 Å². The Morgan fingerprint density at radius 1 is 1.50 bits per heavy atom. The predicted octanol–water partition coefficient (Wildman–Crippen LogP) is 3.84. The molecule has 0 radical (unpaired) electrons. The zero-order chi connectivity index (χ0) is 14.6. The lowest BCUT2D eigenvalue weighted by Gasteiger charge is -2.18. The summed E-state index contributed by atoms with van der Waals surface area (Å²) in [5.41, 5.74) is 6.26. The number of benzene rings is 1. The third-order valence-corrected chi connectivity index (χ3v) is 3.56. The third kappa shape index (κ3) is 5.13. The molecule has 0 aliphatic carbocycles. The van der Waals surface area contributed by atoms with Crippen molar-refractivity contribution in [2.75, 3.05) is 11.9 Å². The SMILES string of the molecule is CCOc1c(Br)cc(Cl)cc1NC(=O)C(C)C(C)N.Cl. The number of hydrogen-bond acceptors (Lipinski definition) is 3. The molecule has 114 valence electrons. The van der Waals surface area contributed by atoms with Crippen LogP contribution < -0.4 is 15.8 Å². The Morgan fingerprint density at radius 3 is 2.60 bits per heavy atom. The van der Waals surface area contributed by atoms with Crippen molar-refractivity contribution in [3.8, 4) is 5.75 Å². The number of nitrogens with one attached hydrogen (secondary N) is 1. The predicted molar refractivity (Wildman–Crippen MR) is 89.0 cm³/mol. The number of carbonyl (C=O) groups excluding carboxylic acids is 1. The molecule has 1 aromatic rings. The van der Waals surface area contributed by atoms with E-state index in [9.17, 15) is 4.79 Å². The van der Waals surface area contributed by atoms with Crippen LogP contribution in [0.5, 0.6) is 5.75 Å². The van der Waals surface area contributed by atoms with Crippen LogP contribution in [-0.2, 0) is 4.79 Å². The van der Waals surface area contributed by atoms with Gasteiger partial charge >= 0.3 is 0 Å². The molecule has 0 fully saturated rings. The number of ether oxygens (including phenoxy) is 1. The van der Waals surface area contributed by atoms with Crippen molar-refractivity contribution >= 4 is 51.5 Å². The molecule has 0 saturated heterocycles. The molecule has 0 aliphatic heterocycles. The van der Waals surface area contributed by atoms with Gasteiger partial charge < -0.3 is 15.8 Å². The Bertz CT molecular complexity index is 470. The maximum absolute atomic E-state index is 12.0. The minimum atomic E-state index is -0.299. The van der Waals surface area contributed by atoms with E-state index in [1.807, 2.05) is 6.92 Å². The highest BCUT2D eigenvalue weighted by Gasteiger charge is 2.19. The van der Waals surface area contributed by atoms with Crippen LogP contribution >= 0.6 is 39.9 Å². The van der Waals surface area contributed by atoms with Crippen LogP contribution in [0.1, 0.15) is 20.8 Å². The molecular formula is C13H19BrCl2N2O2. The lowest BCUT2D eigenvalue weighted by molar-refractivity contribution is -0.119. The molecular weight excluding hydrogens is 367 g/mol. The van der Waals surface area contributed by atoms with Crippen molar-refractivity contribution in [2.45, 2.75) is 26.8 Å². The van der Waals surface area contributed by atoms with Crippen molar-refractivity contribution in [3.63, 3.8) is 0 Å². The summed E-state index contributed by atoms with van der Waals surface area (Å²) in [6.07, 6.45) is 0. The second-order valence-corrected chi connectivity index (χ2v) is 5.63. The van der Waals surface area contributed by atoms with Gasteiger partial charge in [0.25, 0.3) is 0 Å². The number of rotatable bonds is 5. The second-order valence-electron chi connectivity index (χ2n) is 4.33. The second kappa shape index (κ2) is 8.72. The molecule has 2 unspecified atom stereocenters. The van der Waals surface area contributed by atoms with Crippen molar-refractivity contribution in [3.05, 3.63) is 21.6 Å². The van der Waals surface area contributed by atoms with Gasteiger partial charge in [0.05, 0.1) is 22.7 Å². The van der Waals surface area contributed by atoms with Crippen LogP contribution in [0.25, 0.3) is 0 Å². The molecule has 0 aliphatic rings. The van der Waals surface area contributed by atoms with Crippen LogP contribution in [0.3, 0.4) is 0 Å². The number of nitrogens with two attached hydrogens (primary N) is 1. The van der Waals surface area contributed by atoms with E-state index >= 15 is 0 Å². The molecule has 20 heavy (non-hydrogen) atoms. The number of hydrogen-bond donors (Lipinski definition) is 2. The molecule has 0 saturated carbocycles. The Kier molecular flexibility index (Phi) is 8.51. The van der Waals surface area contributed by atoms with E-state index in [2.05, 4.69) is 21.2 Å². The van der Waals surface area contributed by atoms with Crippen LogP contribution in [0.15, 0.2) is 16.6 Å². The molecule has 0 spiro atoms. The van der Waals surface area contributed by atoms with Gasteiger partial charge in [0, 0.05) is 11.1 Å². The van der Waals surface area contributed by atoms with Gasteiger partial charge in [-0.25, -0.2) is 0 Å². The van der Waals surface area contributed by atoms with Gasteiger partial charge in [-0.05, 0) is 41.9 Å². The minimum Gasteiger partial charge on any atom is -0.491 e. The van der Waals surface area contributed by atoms with Crippen LogP contribution in [0.4, 0.5) is 5.69 Å². The average molecular weight is 386 g/mol. The first-order valence-electron chi connectivity index (χ1n) is 6.05. The maximum atomic E-state index is 12.0. The van der Waals surface area contributed by atoms with Crippen molar-refractivity contribution in [1.29, 1.82) is 0 Å². The van der Waals surface area contributed by atoms with E-state index in [1.54, 1.807) is 26.0 Å². The summed E-state index contributed by atoms with van der Waals surface area (Å²) in [5, 5.41) is 3.31. The summed E-state index contributed by atoms with van der Waals surface area (Å²) in [6.45, 7) is 5.94. The first kappa shape index (κ1) is 19.5. The summed E-state index contributed by atoms with van der Waals surface area (Å²) in [5.74, 6) is 0.106. The molecule has 0 aromatic heterocycles. The fraction of sp³-hybridized carbons (Fsp3) is 0.462. The molecule has 1 amide bonds. The summed E-state index contributed by atoms with van der Waals surface area (Å²) in [7, 11) is 0. The Morgan fingerprint density at radius 2 is 2.10 bits per heavy atom. The Balaban J connectivity index is 0.00000361. The fourth-order valence-corrected chi connectivity index (χ4v) is 2.35. The highest BCUT2D eigenvalue weighted by atomic mass is 79.9. The molecule has 0 bridgehead atoms. The van der Waals surface area contributed by atoms with Gasteiger partial charge in [0.1, 0.15) is 0 Å². The average Bonchev–Trinajstić information content (AvgIpc) is 2.32. The number of halogens is 3. The van der Waals surface area contributed by atoms with Crippen LogP contribution in [-0.4, -0.2) is 18.6 Å². The first-order chi connectivity index (χ1) is 8.86. The quantitative estimate of drug-likeness (QED) is 0.808. The van der Waals surface area contributed by atoms with Gasteiger partial charge in [-0.3, -0.25) is 4.79 Å². The standard InChI is InChI=1S/C13H18BrClN2O2.ClH/c1-4-19-12-10(14)5-9(15)6-11(12)17-13(18)7(2)8(3)16;/h5-8H,4,16H2,1-3H3,(H,17,18);1H. The van der Waals surface area contributed by atoms with E-state index in [-0.39, 0.29) is 30.3 Å². The number of amides is 1. The van der Waals surface area contributed by atoms with Gasteiger partial charge in [-0.2, -0.15) is 0 Å². The van der Waals surface area contributed by atoms with Crippen molar-refractivity contribution < 1.29 is 9.53 Å². The highest BCUT2D eigenvalue weighted by Crippen LogP contribution is 2.36. The smallest absolute Gasteiger partial charge is 0.228 e. The van der Waals surface area contributed by atoms with Crippen molar-refractivity contribution in [2.24, 2.45) is 11.7 Å². The van der Waals surface area contributed by atoms with Crippen molar-refractivity contribution in [1.82, 2.24) is 0 Å². The normalized spacial score (nSPS) is 13.1. The first-order valence-corrected chi connectivity index (χ1v) is 7.22. The molecule has 2 atom stereocenters. The highest BCUT2D eigenvalue weighted by molar-refractivity contribution is 9.10. The zero-order valence-corrected chi connectivity index (χ0v) is 14.7. The summed E-state index contributed by atoms with van der Waals surface area (Å²) < 4.78 is 6.21. The molecule has 4 nitrogen and oxygen atoms in total. The van der Waals surface area contributed by atoms with Gasteiger partial charge in [0.2, 0.25) is 5.91 Å². The molecule has 0 heterocycles. The van der Waals surface area contributed by atoms with E-state index in [4.69, 9.17) is 22.1 Å². The Hall–Kier alpha value is -0.490. The van der Waals surface area contributed by atoms with Gasteiger partial charge in [-0.15, -0.1) is 12.4 Å². The van der Waals surface area contributed by atoms with E-state index in [0.717, 1.165) is 0 Å². The third-order valence-electron chi connectivity index (χ3n) is 2.76. The zero-order valence-electron chi connectivity index (χ0n) is 11.6. The molecule has 1 rings (SSSR count). The fourth-order valence-electron chi connectivity index (χ4n) is 1.43. The minimum absolute atomic E-state index is 0. The number of carbonyl (C=O) groups is 1. The largest absolute Gasteiger partial charge is 0.491 e. The maximum Gasteiger partial charge on any atom is 0.228 e. The molecule has 3 N–H and O–H groups in total. The van der Waals surface area contributed by atoms with E-state index in [0.29, 0.717) is 27.5 Å². The van der Waals surface area contributed by atoms with Gasteiger partial charge in [0.15, 0.2) is 5.75 Å². The van der Waals surface area contributed by atoms with Crippen LogP contribution in [0.2, 0.25) is 5.02 Å². The number of anilines is 1. The molecule has 1 aromatic carbocycles. The summed E-state index contributed by atoms with van der Waals surface area (Å²) in [4.78, 5) is 12.0. The monoisotopic (exact) mass is 384 g/mol. The summed E-state index contributed by atoms with van der Waals surface area (Å²) >= 11 is 9.36. The summed E-state index contributed by atoms with van der Waals surface area (Å²) in [6, 6.07) is 3.15. The Labute approximate surface area is 138 Å². The molecule has 7 heteroatoms.